The first-order valence-electron chi connectivity index (χ1n) is 9.99. The predicted molar refractivity (Wildman–Crippen MR) is 117 cm³/mol. The number of carbonyl (C=O) groups excluding carboxylic acids is 2. The molecule has 2 aliphatic rings. The van der Waals surface area contributed by atoms with Crippen molar-refractivity contribution in [2.24, 2.45) is 10.1 Å². The molecule has 160 valence electrons. The molecule has 1 N–H and O–H groups in total. The summed E-state index contributed by atoms with van der Waals surface area (Å²) in [7, 11) is 0. The Morgan fingerprint density at radius 3 is 2.74 bits per heavy atom. The predicted octanol–water partition coefficient (Wildman–Crippen LogP) is 1.52. The molecule has 0 saturated carbocycles. The lowest BCUT2D eigenvalue weighted by Crippen LogP contribution is -2.50. The number of para-hydroxylation sites is 2. The number of benzene rings is 2. The minimum atomic E-state index is -0.623. The fraction of sp³-hybridized carbons (Fsp3) is 0.273. The molecule has 31 heavy (non-hydrogen) atoms. The number of hydrazone groups is 1. The van der Waals surface area contributed by atoms with Gasteiger partial charge in [0, 0.05) is 10.8 Å². The molecule has 0 fully saturated rings. The highest BCUT2D eigenvalue weighted by Gasteiger charge is 2.35. The van der Waals surface area contributed by atoms with Gasteiger partial charge in [0.05, 0.1) is 12.0 Å². The molecule has 1 atom stereocenters. The number of carbonyl (C=O) groups is 2. The summed E-state index contributed by atoms with van der Waals surface area (Å²) >= 11 is 1.44. The van der Waals surface area contributed by atoms with Crippen LogP contribution in [0.15, 0.2) is 58.6 Å². The van der Waals surface area contributed by atoms with E-state index in [4.69, 9.17) is 14.5 Å². The number of rotatable bonds is 6. The molecule has 4 rings (SSSR count). The summed E-state index contributed by atoms with van der Waals surface area (Å²) < 4.78 is 10.7. The molecule has 2 aromatic rings. The Balaban J connectivity index is 1.80. The van der Waals surface area contributed by atoms with Gasteiger partial charge in [-0.15, -0.1) is 5.10 Å². The van der Waals surface area contributed by atoms with Crippen LogP contribution in [0.4, 0.5) is 0 Å². The van der Waals surface area contributed by atoms with Crippen molar-refractivity contribution in [2.45, 2.75) is 20.0 Å². The lowest BCUT2D eigenvalue weighted by molar-refractivity contribution is -0.145. The van der Waals surface area contributed by atoms with E-state index in [1.165, 1.54) is 11.8 Å². The number of amides is 1. The average molecular weight is 439 g/mol. The molecule has 2 aliphatic heterocycles. The summed E-state index contributed by atoms with van der Waals surface area (Å²) in [6.07, 6.45) is -0.623. The molecule has 0 bridgehead atoms. The van der Waals surface area contributed by atoms with Crippen LogP contribution in [-0.4, -0.2) is 41.0 Å². The number of fused-ring (bicyclic) bond motifs is 2. The first kappa shape index (κ1) is 20.9. The van der Waals surface area contributed by atoms with Crippen molar-refractivity contribution in [1.82, 2.24) is 10.3 Å². The highest BCUT2D eigenvalue weighted by atomic mass is 32.2. The molecule has 0 aromatic heterocycles. The molecule has 9 heteroatoms. The maximum Gasteiger partial charge on any atom is 0.344 e. The van der Waals surface area contributed by atoms with Gasteiger partial charge in [-0.25, -0.2) is 9.80 Å². The van der Waals surface area contributed by atoms with Crippen LogP contribution in [0.2, 0.25) is 0 Å². The van der Waals surface area contributed by atoms with Crippen LogP contribution in [-0.2, 0) is 14.3 Å². The van der Waals surface area contributed by atoms with Crippen molar-refractivity contribution >= 4 is 34.5 Å². The Bertz CT molecular complexity index is 1160. The van der Waals surface area contributed by atoms with E-state index in [1.54, 1.807) is 18.0 Å². The minimum Gasteiger partial charge on any atom is -0.481 e. The molecule has 2 aromatic carbocycles. The molecule has 0 spiro atoms. The maximum absolute atomic E-state index is 13.0. The molecular weight excluding hydrogens is 416 g/mol. The van der Waals surface area contributed by atoms with Gasteiger partial charge in [0.1, 0.15) is 11.4 Å². The fourth-order valence-corrected chi connectivity index (χ4v) is 3.98. The second-order valence-corrected chi connectivity index (χ2v) is 7.89. The normalized spacial score (nSPS) is 17.0. The fourth-order valence-electron chi connectivity index (χ4n) is 3.40. The summed E-state index contributed by atoms with van der Waals surface area (Å²) in [5.74, 6) is 0.560. The molecule has 2 heterocycles. The quantitative estimate of drug-likeness (QED) is 0.688. The van der Waals surface area contributed by atoms with Crippen molar-refractivity contribution < 1.29 is 19.1 Å². The van der Waals surface area contributed by atoms with Crippen molar-refractivity contribution in [1.29, 1.82) is 0 Å². The van der Waals surface area contributed by atoms with Gasteiger partial charge < -0.3 is 9.47 Å². The van der Waals surface area contributed by atoms with Gasteiger partial charge in [-0.1, -0.05) is 55.1 Å². The molecule has 0 saturated heterocycles. The zero-order valence-corrected chi connectivity index (χ0v) is 18.0. The Morgan fingerprint density at radius 2 is 1.94 bits per heavy atom. The Morgan fingerprint density at radius 1 is 1.16 bits per heavy atom. The van der Waals surface area contributed by atoms with Gasteiger partial charge in [-0.2, -0.15) is 0 Å². The van der Waals surface area contributed by atoms with Gasteiger partial charge in [-0.3, -0.25) is 15.1 Å². The number of esters is 1. The molecular formula is C22H22N4O4S. The van der Waals surface area contributed by atoms with Gasteiger partial charge in [0.15, 0.2) is 17.9 Å². The summed E-state index contributed by atoms with van der Waals surface area (Å²) in [4.78, 5) is 29.7. The monoisotopic (exact) mass is 438 g/mol. The SMILES string of the molecule is CCOC(=O)COc1ccccc1C1N=c2ccccc2=C2C(=O)NC(SCC)=NN21. The number of amidine groups is 1. The Hall–Kier alpha value is -3.33. The number of hydrogen-bond donors (Lipinski definition) is 1. The van der Waals surface area contributed by atoms with Crippen molar-refractivity contribution in [2.75, 3.05) is 19.0 Å². The van der Waals surface area contributed by atoms with Crippen LogP contribution in [0.25, 0.3) is 5.70 Å². The number of hydrogen-bond acceptors (Lipinski definition) is 8. The maximum atomic E-state index is 13.0. The number of ether oxygens (including phenoxy) is 2. The largest absolute Gasteiger partial charge is 0.481 e. The first-order chi connectivity index (χ1) is 15.1. The average Bonchev–Trinajstić information content (AvgIpc) is 2.77. The van der Waals surface area contributed by atoms with Gasteiger partial charge in [0.2, 0.25) is 0 Å². The van der Waals surface area contributed by atoms with Crippen molar-refractivity contribution in [3.8, 4) is 5.75 Å². The van der Waals surface area contributed by atoms with E-state index in [9.17, 15) is 9.59 Å². The molecule has 0 aliphatic carbocycles. The molecule has 1 amide bonds. The third-order valence-corrected chi connectivity index (χ3v) is 5.39. The van der Waals surface area contributed by atoms with Crippen molar-refractivity contribution in [3.63, 3.8) is 0 Å². The van der Waals surface area contributed by atoms with Gasteiger partial charge in [-0.05, 0) is 24.8 Å². The summed E-state index contributed by atoms with van der Waals surface area (Å²) in [5.41, 5.74) is 1.12. The molecule has 0 radical (unpaired) electrons. The van der Waals surface area contributed by atoms with E-state index in [0.29, 0.717) is 32.8 Å². The highest BCUT2D eigenvalue weighted by molar-refractivity contribution is 8.13. The lowest BCUT2D eigenvalue weighted by Gasteiger charge is -2.34. The standard InChI is InChI=1S/C22H22N4O4S/c1-3-29-18(27)13-30-17-12-8-6-10-15(17)20-23-16-11-7-5-9-14(16)19-21(28)24-22(31-4-2)25-26(19)20/h5-12,20H,3-4,13H2,1-2H3,(H,24,25,28). The third kappa shape index (κ3) is 4.27. The van der Waals surface area contributed by atoms with Gasteiger partial charge in [0.25, 0.3) is 5.91 Å². The number of thioether (sulfide) groups is 1. The smallest absolute Gasteiger partial charge is 0.344 e. The molecule has 1 unspecified atom stereocenters. The van der Waals surface area contributed by atoms with Crippen LogP contribution < -0.4 is 20.6 Å². The topological polar surface area (TPSA) is 92.6 Å². The minimum absolute atomic E-state index is 0.217. The summed E-state index contributed by atoms with van der Waals surface area (Å²) in [5, 5.41) is 11.1. The second-order valence-electron chi connectivity index (χ2n) is 6.64. The van der Waals surface area contributed by atoms with Gasteiger partial charge >= 0.3 is 5.97 Å². The highest BCUT2D eigenvalue weighted by Crippen LogP contribution is 2.35. The van der Waals surface area contributed by atoms with Crippen LogP contribution >= 0.6 is 11.8 Å². The zero-order chi connectivity index (χ0) is 21.8. The van der Waals surface area contributed by atoms with E-state index in [1.807, 2.05) is 49.4 Å². The number of nitrogens with one attached hydrogen (secondary N) is 1. The van der Waals surface area contributed by atoms with Crippen LogP contribution in [0, 0.1) is 0 Å². The number of nitrogens with zero attached hydrogens (tertiary/aromatic N) is 3. The van der Waals surface area contributed by atoms with E-state index in [0.717, 1.165) is 5.75 Å². The zero-order valence-electron chi connectivity index (χ0n) is 17.2. The van der Waals surface area contributed by atoms with E-state index in [2.05, 4.69) is 10.4 Å². The lowest BCUT2D eigenvalue weighted by atomic mass is 10.1. The molecule has 8 nitrogen and oxygen atoms in total. The summed E-state index contributed by atoms with van der Waals surface area (Å²) in [6.45, 7) is 3.80. The summed E-state index contributed by atoms with van der Waals surface area (Å²) in [6, 6.07) is 14.8. The second kappa shape index (κ2) is 9.22. The first-order valence-corrected chi connectivity index (χ1v) is 11.0. The Kier molecular flexibility index (Phi) is 6.22. The van der Waals surface area contributed by atoms with Crippen LogP contribution in [0.1, 0.15) is 25.6 Å². The third-order valence-electron chi connectivity index (χ3n) is 4.64. The van der Waals surface area contributed by atoms with Crippen LogP contribution in [0.3, 0.4) is 0 Å². The van der Waals surface area contributed by atoms with Crippen LogP contribution in [0.5, 0.6) is 5.75 Å². The van der Waals surface area contributed by atoms with E-state index < -0.39 is 12.1 Å². The van der Waals surface area contributed by atoms with E-state index in [-0.39, 0.29) is 19.1 Å². The van der Waals surface area contributed by atoms with E-state index >= 15 is 0 Å². The van der Waals surface area contributed by atoms with Crippen molar-refractivity contribution in [3.05, 3.63) is 64.7 Å². The Labute approximate surface area is 183 Å².